The third-order valence-electron chi connectivity index (χ3n) is 3.46. The van der Waals surface area contributed by atoms with Crippen molar-refractivity contribution in [3.8, 4) is 11.3 Å². The lowest BCUT2D eigenvalue weighted by Gasteiger charge is -2.08. The Morgan fingerprint density at radius 3 is 2.71 bits per heavy atom. The van der Waals surface area contributed by atoms with Gasteiger partial charge in [0.05, 0.1) is 12.0 Å². The van der Waals surface area contributed by atoms with E-state index < -0.39 is 11.5 Å². The molecule has 2 heterocycles. The second kappa shape index (κ2) is 6.45. The zero-order chi connectivity index (χ0) is 17.3. The van der Waals surface area contributed by atoms with Crippen molar-refractivity contribution < 1.29 is 14.1 Å². The fourth-order valence-corrected chi connectivity index (χ4v) is 2.51. The summed E-state index contributed by atoms with van der Waals surface area (Å²) in [6.07, 6.45) is 0. The number of halogens is 1. The molecule has 0 fully saturated rings. The van der Waals surface area contributed by atoms with Gasteiger partial charge in [-0.15, -0.1) is 0 Å². The van der Waals surface area contributed by atoms with Crippen LogP contribution in [0.5, 0.6) is 0 Å². The van der Waals surface area contributed by atoms with Gasteiger partial charge in [-0.05, 0) is 26.0 Å². The number of hydrogen-bond donors (Lipinski definition) is 0. The molecule has 0 radical (unpaired) electrons. The fraction of sp³-hybridized carbons (Fsp3) is 0.250. The molecular formula is C16H14ClN3O4. The summed E-state index contributed by atoms with van der Waals surface area (Å²) in [4.78, 5) is 24.2. The molecule has 0 saturated carbocycles. The number of esters is 1. The second-order valence-corrected chi connectivity index (χ2v) is 5.52. The van der Waals surface area contributed by atoms with E-state index in [2.05, 4.69) is 10.3 Å². The van der Waals surface area contributed by atoms with E-state index in [-0.39, 0.29) is 18.7 Å². The molecule has 0 N–H and O–H groups in total. The molecule has 124 valence electrons. The lowest BCUT2D eigenvalue weighted by molar-refractivity contribution is -0.144. The summed E-state index contributed by atoms with van der Waals surface area (Å²) in [6.45, 7) is 3.32. The number of benzene rings is 1. The number of nitrogens with zero attached hydrogens (tertiary/aromatic N) is 3. The Kier molecular flexibility index (Phi) is 4.35. The highest BCUT2D eigenvalue weighted by Crippen LogP contribution is 2.28. The zero-order valence-electron chi connectivity index (χ0n) is 13.1. The minimum absolute atomic E-state index is 0.122. The Labute approximate surface area is 141 Å². The van der Waals surface area contributed by atoms with Crippen LogP contribution in [0, 0.1) is 6.92 Å². The van der Waals surface area contributed by atoms with Crippen molar-refractivity contribution in [2.45, 2.75) is 20.4 Å². The molecular weight excluding hydrogens is 334 g/mol. The van der Waals surface area contributed by atoms with Crippen molar-refractivity contribution in [3.05, 3.63) is 45.4 Å². The Balaban J connectivity index is 2.21. The Morgan fingerprint density at radius 1 is 1.33 bits per heavy atom. The molecule has 7 nitrogen and oxygen atoms in total. The summed E-state index contributed by atoms with van der Waals surface area (Å²) in [7, 11) is 0. The summed E-state index contributed by atoms with van der Waals surface area (Å²) in [5, 5.41) is 9.22. The highest BCUT2D eigenvalue weighted by Gasteiger charge is 2.20. The smallest absolute Gasteiger partial charge is 0.327 e. The molecule has 1 aromatic carbocycles. The van der Waals surface area contributed by atoms with Gasteiger partial charge in [0.2, 0.25) is 0 Å². The van der Waals surface area contributed by atoms with Crippen LogP contribution in [-0.2, 0) is 16.1 Å². The van der Waals surface area contributed by atoms with E-state index in [1.807, 2.05) is 0 Å². The first-order valence-electron chi connectivity index (χ1n) is 7.30. The van der Waals surface area contributed by atoms with Crippen molar-refractivity contribution in [1.29, 1.82) is 0 Å². The zero-order valence-corrected chi connectivity index (χ0v) is 13.8. The average Bonchev–Trinajstić information content (AvgIpc) is 2.94. The van der Waals surface area contributed by atoms with Crippen LogP contribution in [0.15, 0.2) is 33.6 Å². The SMILES string of the molecule is CCOC(=O)Cn1nc(-c2ccc(Cl)cc2)c2c(C)onc2c1=O. The molecule has 24 heavy (non-hydrogen) atoms. The predicted molar refractivity (Wildman–Crippen MR) is 87.9 cm³/mol. The number of rotatable bonds is 4. The standard InChI is InChI=1S/C16H14ClN3O4/c1-3-23-12(21)8-20-16(22)15-13(9(2)24-19-15)14(18-20)10-4-6-11(17)7-5-10/h4-7H,3,8H2,1-2H3. The van der Waals surface area contributed by atoms with Gasteiger partial charge < -0.3 is 9.26 Å². The quantitative estimate of drug-likeness (QED) is 0.674. The van der Waals surface area contributed by atoms with E-state index >= 15 is 0 Å². The van der Waals surface area contributed by atoms with E-state index in [9.17, 15) is 9.59 Å². The number of hydrogen-bond acceptors (Lipinski definition) is 6. The molecule has 0 atom stereocenters. The van der Waals surface area contributed by atoms with E-state index in [4.69, 9.17) is 20.9 Å². The third kappa shape index (κ3) is 2.90. The van der Waals surface area contributed by atoms with E-state index in [0.29, 0.717) is 21.9 Å². The van der Waals surface area contributed by atoms with Crippen molar-refractivity contribution in [1.82, 2.24) is 14.9 Å². The lowest BCUT2D eigenvalue weighted by Crippen LogP contribution is -2.28. The van der Waals surface area contributed by atoms with Crippen LogP contribution in [-0.4, -0.2) is 27.5 Å². The van der Waals surface area contributed by atoms with Crippen LogP contribution >= 0.6 is 11.6 Å². The van der Waals surface area contributed by atoms with Gasteiger partial charge in [0.1, 0.15) is 18.0 Å². The maximum absolute atomic E-state index is 12.5. The molecule has 0 aliphatic rings. The monoisotopic (exact) mass is 347 g/mol. The van der Waals surface area contributed by atoms with Crippen molar-refractivity contribution in [2.24, 2.45) is 0 Å². The highest BCUT2D eigenvalue weighted by molar-refractivity contribution is 6.30. The van der Waals surface area contributed by atoms with Crippen LogP contribution in [0.3, 0.4) is 0 Å². The summed E-state index contributed by atoms with van der Waals surface area (Å²) in [6, 6.07) is 6.98. The summed E-state index contributed by atoms with van der Waals surface area (Å²) >= 11 is 5.92. The molecule has 0 unspecified atom stereocenters. The van der Waals surface area contributed by atoms with Crippen LogP contribution in [0.25, 0.3) is 22.2 Å². The maximum atomic E-state index is 12.5. The first kappa shape index (κ1) is 16.2. The van der Waals surface area contributed by atoms with Gasteiger partial charge >= 0.3 is 5.97 Å². The molecule has 3 aromatic rings. The summed E-state index contributed by atoms with van der Waals surface area (Å²) in [5.41, 5.74) is 0.835. The Hall–Kier alpha value is -2.67. The second-order valence-electron chi connectivity index (χ2n) is 5.09. The molecule has 0 saturated heterocycles. The first-order valence-corrected chi connectivity index (χ1v) is 7.67. The van der Waals surface area contributed by atoms with E-state index in [1.165, 1.54) is 0 Å². The molecule has 0 bridgehead atoms. The molecule has 3 rings (SSSR count). The summed E-state index contributed by atoms with van der Waals surface area (Å²) < 4.78 is 11.1. The van der Waals surface area contributed by atoms with Crippen LogP contribution in [0.1, 0.15) is 12.7 Å². The Bertz CT molecular complexity index is 960. The first-order chi connectivity index (χ1) is 11.5. The van der Waals surface area contributed by atoms with Crippen LogP contribution in [0.4, 0.5) is 0 Å². The number of carbonyl (C=O) groups is 1. The van der Waals surface area contributed by atoms with Crippen molar-refractivity contribution in [3.63, 3.8) is 0 Å². The number of carbonyl (C=O) groups excluding carboxylic acids is 1. The van der Waals surface area contributed by atoms with E-state index in [1.54, 1.807) is 38.1 Å². The Morgan fingerprint density at radius 2 is 2.04 bits per heavy atom. The number of aromatic nitrogens is 3. The molecule has 0 amide bonds. The number of fused-ring (bicyclic) bond motifs is 1. The van der Waals surface area contributed by atoms with Gasteiger partial charge in [-0.2, -0.15) is 5.10 Å². The molecule has 0 aliphatic carbocycles. The largest absolute Gasteiger partial charge is 0.465 e. The molecule has 0 aliphatic heterocycles. The van der Waals surface area contributed by atoms with Gasteiger partial charge in [-0.1, -0.05) is 28.9 Å². The highest BCUT2D eigenvalue weighted by atomic mass is 35.5. The average molecular weight is 348 g/mol. The number of aryl methyl sites for hydroxylation is 1. The topological polar surface area (TPSA) is 87.2 Å². The minimum atomic E-state index is -0.547. The summed E-state index contributed by atoms with van der Waals surface area (Å²) in [5.74, 6) is -0.0726. The van der Waals surface area contributed by atoms with Crippen LogP contribution < -0.4 is 5.56 Å². The molecule has 0 spiro atoms. The van der Waals surface area contributed by atoms with Crippen LogP contribution in [0.2, 0.25) is 5.02 Å². The van der Waals surface area contributed by atoms with Gasteiger partial charge in [0.25, 0.3) is 5.56 Å². The normalized spacial score (nSPS) is 11.0. The van der Waals surface area contributed by atoms with Crippen molar-refractivity contribution >= 4 is 28.5 Å². The lowest BCUT2D eigenvalue weighted by atomic mass is 10.1. The minimum Gasteiger partial charge on any atom is -0.465 e. The van der Waals surface area contributed by atoms with E-state index in [0.717, 1.165) is 10.2 Å². The van der Waals surface area contributed by atoms with Gasteiger partial charge in [-0.3, -0.25) is 9.59 Å². The van der Waals surface area contributed by atoms with Gasteiger partial charge in [-0.25, -0.2) is 4.68 Å². The molecule has 2 aromatic heterocycles. The molecule has 8 heteroatoms. The fourth-order valence-electron chi connectivity index (χ4n) is 2.38. The number of ether oxygens (including phenoxy) is 1. The third-order valence-corrected chi connectivity index (χ3v) is 3.71. The predicted octanol–water partition coefficient (Wildman–Crippen LogP) is 2.58. The van der Waals surface area contributed by atoms with Crippen molar-refractivity contribution in [2.75, 3.05) is 6.61 Å². The maximum Gasteiger partial charge on any atom is 0.327 e. The van der Waals surface area contributed by atoms with Gasteiger partial charge in [0.15, 0.2) is 5.52 Å². The van der Waals surface area contributed by atoms with Gasteiger partial charge in [0, 0.05) is 10.6 Å².